The lowest BCUT2D eigenvalue weighted by Gasteiger charge is -2.36. The van der Waals surface area contributed by atoms with E-state index in [-0.39, 0.29) is 17.9 Å². The zero-order valence-electron chi connectivity index (χ0n) is 14.4. The number of benzene rings is 1. The Bertz CT molecular complexity index is 715. The molecule has 1 aromatic heterocycles. The highest BCUT2D eigenvalue weighted by Crippen LogP contribution is 2.24. The van der Waals surface area contributed by atoms with Crippen molar-refractivity contribution in [3.8, 4) is 11.3 Å². The minimum Gasteiger partial charge on any atom is -0.382 e. The molecule has 3 rings (SSSR count). The number of nitrogen functional groups attached to an aromatic ring is 1. The number of aromatic nitrogens is 2. The van der Waals surface area contributed by atoms with E-state index in [1.54, 1.807) is 0 Å². The third-order valence-electron chi connectivity index (χ3n) is 4.52. The first-order chi connectivity index (χ1) is 12.5. The lowest BCUT2D eigenvalue weighted by molar-refractivity contribution is 0.127. The summed E-state index contributed by atoms with van der Waals surface area (Å²) in [5.41, 5.74) is 7.29. The molecule has 1 saturated heterocycles. The van der Waals surface area contributed by atoms with Crippen LogP contribution in [0.3, 0.4) is 0 Å². The summed E-state index contributed by atoms with van der Waals surface area (Å²) in [7, 11) is 0. The molecule has 8 heteroatoms. The Balaban J connectivity index is 1.56. The molecule has 1 aromatic carbocycles. The Kier molecular flexibility index (Phi) is 5.92. The van der Waals surface area contributed by atoms with Crippen LogP contribution in [0.25, 0.3) is 11.3 Å². The summed E-state index contributed by atoms with van der Waals surface area (Å²) in [6, 6.07) is 7.49. The fourth-order valence-electron chi connectivity index (χ4n) is 3.10. The number of alkyl halides is 2. The highest BCUT2D eigenvalue weighted by atomic mass is 19.3. The Labute approximate surface area is 150 Å². The molecule has 0 amide bonds. The molecule has 2 aromatic rings. The predicted octanol–water partition coefficient (Wildman–Crippen LogP) is 3.03. The van der Waals surface area contributed by atoms with Crippen LogP contribution in [0.15, 0.2) is 30.5 Å². The molecule has 5 nitrogen and oxygen atoms in total. The van der Waals surface area contributed by atoms with Gasteiger partial charge in [-0.2, -0.15) is 9.37 Å². The highest BCUT2D eigenvalue weighted by Gasteiger charge is 2.18. The molecule has 0 bridgehead atoms. The zero-order chi connectivity index (χ0) is 18.5. The van der Waals surface area contributed by atoms with Gasteiger partial charge in [0.05, 0.1) is 6.20 Å². The lowest BCUT2D eigenvalue weighted by atomic mass is 10.1. The van der Waals surface area contributed by atoms with E-state index < -0.39 is 12.4 Å². The van der Waals surface area contributed by atoms with Crippen LogP contribution in [0.1, 0.15) is 12.8 Å². The summed E-state index contributed by atoms with van der Waals surface area (Å²) in [5.74, 6) is -0.635. The smallest absolute Gasteiger partial charge is 0.241 e. The van der Waals surface area contributed by atoms with Gasteiger partial charge < -0.3 is 10.6 Å². The van der Waals surface area contributed by atoms with Crippen molar-refractivity contribution in [2.24, 2.45) is 0 Å². The number of nitrogens with zero attached hydrogens (tertiary/aromatic N) is 4. The van der Waals surface area contributed by atoms with Gasteiger partial charge in [0.15, 0.2) is 0 Å². The van der Waals surface area contributed by atoms with E-state index in [0.29, 0.717) is 18.5 Å². The SMILES string of the molecule is Nc1cnc(-c2ccc(N3CCN(CCCC(F)F)CC3)cc2)c(F)n1. The van der Waals surface area contributed by atoms with Crippen LogP contribution in [0.5, 0.6) is 0 Å². The molecule has 0 aliphatic carbocycles. The molecular weight excluding hydrogens is 343 g/mol. The fourth-order valence-corrected chi connectivity index (χ4v) is 3.10. The molecule has 2 N–H and O–H groups in total. The number of halogens is 3. The van der Waals surface area contributed by atoms with Crippen LogP contribution >= 0.6 is 0 Å². The van der Waals surface area contributed by atoms with Gasteiger partial charge in [0.25, 0.3) is 0 Å². The van der Waals surface area contributed by atoms with Gasteiger partial charge in [0, 0.05) is 43.9 Å². The normalized spacial score (nSPS) is 15.6. The van der Waals surface area contributed by atoms with Gasteiger partial charge >= 0.3 is 0 Å². The van der Waals surface area contributed by atoms with Crippen molar-refractivity contribution in [3.05, 3.63) is 36.4 Å². The van der Waals surface area contributed by atoms with Gasteiger partial charge in [0.1, 0.15) is 11.5 Å². The summed E-state index contributed by atoms with van der Waals surface area (Å²) < 4.78 is 38.3. The summed E-state index contributed by atoms with van der Waals surface area (Å²) in [6.07, 6.45) is -0.391. The number of hydrogen-bond donors (Lipinski definition) is 1. The van der Waals surface area contributed by atoms with Gasteiger partial charge in [-0.3, -0.25) is 4.90 Å². The summed E-state index contributed by atoms with van der Waals surface area (Å²) in [4.78, 5) is 12.0. The maximum atomic E-state index is 13.9. The average Bonchev–Trinajstić information content (AvgIpc) is 2.62. The standard InChI is InChI=1S/C18H22F3N5/c19-15(20)2-1-7-25-8-10-26(11-9-25)14-5-3-13(4-6-14)17-18(21)24-16(22)12-23-17/h3-6,12,15H,1-2,7-11H2,(H2,22,24). The van der Waals surface area contributed by atoms with Crippen molar-refractivity contribution >= 4 is 11.5 Å². The molecule has 140 valence electrons. The molecule has 1 aliphatic rings. The van der Waals surface area contributed by atoms with Crippen molar-refractivity contribution in [1.29, 1.82) is 0 Å². The molecule has 0 radical (unpaired) electrons. The van der Waals surface area contributed by atoms with Crippen LogP contribution < -0.4 is 10.6 Å². The van der Waals surface area contributed by atoms with E-state index in [1.807, 2.05) is 24.3 Å². The maximum absolute atomic E-state index is 13.9. The molecule has 0 unspecified atom stereocenters. The number of anilines is 2. The van der Waals surface area contributed by atoms with Crippen LogP contribution in [0, 0.1) is 5.95 Å². The van der Waals surface area contributed by atoms with Crippen molar-refractivity contribution < 1.29 is 13.2 Å². The molecule has 1 aliphatic heterocycles. The average molecular weight is 365 g/mol. The Morgan fingerprint density at radius 1 is 1.08 bits per heavy atom. The number of piperazine rings is 1. The highest BCUT2D eigenvalue weighted by molar-refractivity contribution is 5.63. The van der Waals surface area contributed by atoms with E-state index >= 15 is 0 Å². The Hall–Kier alpha value is -2.35. The summed E-state index contributed by atoms with van der Waals surface area (Å²) in [6.45, 7) is 4.09. The van der Waals surface area contributed by atoms with E-state index in [9.17, 15) is 13.2 Å². The second-order valence-corrected chi connectivity index (χ2v) is 6.34. The lowest BCUT2D eigenvalue weighted by Crippen LogP contribution is -2.46. The minimum atomic E-state index is -2.22. The third kappa shape index (κ3) is 4.63. The third-order valence-corrected chi connectivity index (χ3v) is 4.52. The predicted molar refractivity (Wildman–Crippen MR) is 95.7 cm³/mol. The Morgan fingerprint density at radius 2 is 1.77 bits per heavy atom. The molecule has 2 heterocycles. The second kappa shape index (κ2) is 8.35. The van der Waals surface area contributed by atoms with Gasteiger partial charge in [-0.25, -0.2) is 13.8 Å². The van der Waals surface area contributed by atoms with Gasteiger partial charge in [0.2, 0.25) is 12.4 Å². The first-order valence-electron chi connectivity index (χ1n) is 8.67. The zero-order valence-corrected chi connectivity index (χ0v) is 14.4. The van der Waals surface area contributed by atoms with E-state index in [0.717, 1.165) is 31.9 Å². The first kappa shape index (κ1) is 18.4. The van der Waals surface area contributed by atoms with Crippen molar-refractivity contribution in [3.63, 3.8) is 0 Å². The summed E-state index contributed by atoms with van der Waals surface area (Å²) >= 11 is 0. The second-order valence-electron chi connectivity index (χ2n) is 6.34. The molecule has 0 atom stereocenters. The van der Waals surface area contributed by atoms with Gasteiger partial charge in [-0.15, -0.1) is 0 Å². The van der Waals surface area contributed by atoms with Gasteiger partial charge in [-0.1, -0.05) is 12.1 Å². The van der Waals surface area contributed by atoms with Crippen molar-refractivity contribution in [1.82, 2.24) is 14.9 Å². The largest absolute Gasteiger partial charge is 0.382 e. The molecular formula is C18H22F3N5. The van der Waals surface area contributed by atoms with E-state index in [1.165, 1.54) is 6.20 Å². The topological polar surface area (TPSA) is 58.3 Å². The number of hydrogen-bond acceptors (Lipinski definition) is 5. The van der Waals surface area contributed by atoms with Crippen LogP contribution in [-0.2, 0) is 0 Å². The molecule has 26 heavy (non-hydrogen) atoms. The van der Waals surface area contributed by atoms with Crippen molar-refractivity contribution in [2.75, 3.05) is 43.4 Å². The fraction of sp³-hybridized carbons (Fsp3) is 0.444. The molecule has 0 saturated carbocycles. The van der Waals surface area contributed by atoms with E-state index in [4.69, 9.17) is 5.73 Å². The maximum Gasteiger partial charge on any atom is 0.241 e. The number of rotatable bonds is 6. The van der Waals surface area contributed by atoms with Crippen LogP contribution in [-0.4, -0.2) is 54.0 Å². The number of nitrogens with two attached hydrogens (primary N) is 1. The quantitative estimate of drug-likeness (QED) is 0.853. The Morgan fingerprint density at radius 3 is 2.38 bits per heavy atom. The summed E-state index contributed by atoms with van der Waals surface area (Å²) in [5, 5.41) is 0. The van der Waals surface area contributed by atoms with Crippen LogP contribution in [0.4, 0.5) is 24.7 Å². The van der Waals surface area contributed by atoms with Crippen LogP contribution in [0.2, 0.25) is 0 Å². The monoisotopic (exact) mass is 365 g/mol. The minimum absolute atomic E-state index is 0.0355. The molecule has 1 fully saturated rings. The van der Waals surface area contributed by atoms with Gasteiger partial charge in [-0.05, 0) is 25.1 Å². The molecule has 0 spiro atoms. The first-order valence-corrected chi connectivity index (χ1v) is 8.67. The van der Waals surface area contributed by atoms with Crippen molar-refractivity contribution in [2.45, 2.75) is 19.3 Å². The van der Waals surface area contributed by atoms with E-state index in [2.05, 4.69) is 19.8 Å².